The number of aromatic nitrogens is 2. The Morgan fingerprint density at radius 1 is 1.30 bits per heavy atom. The van der Waals surface area contributed by atoms with Crippen molar-refractivity contribution in [1.82, 2.24) is 25.3 Å². The van der Waals surface area contributed by atoms with Gasteiger partial charge in [0.2, 0.25) is 0 Å². The first-order chi connectivity index (χ1) is 12.9. The third kappa shape index (κ3) is 4.11. The number of carbonyl (C=O) groups excluding carboxylic acids is 2. The maximum Gasteiger partial charge on any atom is 0.321 e. The molecule has 144 valence electrons. The Hall–Kier alpha value is -2.87. The van der Waals surface area contributed by atoms with Gasteiger partial charge in [-0.25, -0.2) is 4.79 Å². The number of nitrogens with zero attached hydrogens (tertiary/aromatic N) is 3. The predicted molar refractivity (Wildman–Crippen MR) is 104 cm³/mol. The molecule has 1 aliphatic heterocycles. The Kier molecular flexibility index (Phi) is 5.46. The summed E-state index contributed by atoms with van der Waals surface area (Å²) in [5.74, 6) is 0.158. The smallest absolute Gasteiger partial charge is 0.321 e. The predicted octanol–water partition coefficient (Wildman–Crippen LogP) is 1.65. The van der Waals surface area contributed by atoms with E-state index in [1.807, 2.05) is 36.0 Å². The van der Waals surface area contributed by atoms with E-state index in [1.165, 1.54) is 4.90 Å². The fraction of sp³-hybridized carbons (Fsp3) is 0.421. The van der Waals surface area contributed by atoms with Crippen LogP contribution in [0.4, 0.5) is 10.5 Å². The van der Waals surface area contributed by atoms with Crippen molar-refractivity contribution in [1.29, 1.82) is 0 Å². The summed E-state index contributed by atoms with van der Waals surface area (Å²) in [6.07, 6.45) is 0. The molecule has 0 fully saturated rings. The maximum atomic E-state index is 12.6. The third-order valence-electron chi connectivity index (χ3n) is 4.69. The standard InChI is InChI=1S/C19H26N6O2/c1-12-9-20-11-15-16(23-25(4)17(12)15)18(26)21-10-13-5-7-14(8-6-13)22-19(27)24(2)3/h5-8,12,20H,9-11H2,1-4H3,(H,21,26)(H,22,27). The summed E-state index contributed by atoms with van der Waals surface area (Å²) in [5.41, 5.74) is 4.25. The first-order valence-corrected chi connectivity index (χ1v) is 8.98. The minimum Gasteiger partial charge on any atom is -0.347 e. The number of rotatable bonds is 4. The minimum atomic E-state index is -0.182. The number of amides is 3. The zero-order valence-corrected chi connectivity index (χ0v) is 16.2. The van der Waals surface area contributed by atoms with Gasteiger partial charge in [0.05, 0.1) is 0 Å². The van der Waals surface area contributed by atoms with Crippen LogP contribution >= 0.6 is 0 Å². The zero-order chi connectivity index (χ0) is 19.6. The van der Waals surface area contributed by atoms with E-state index in [4.69, 9.17) is 0 Å². The lowest BCUT2D eigenvalue weighted by atomic mass is 9.97. The number of urea groups is 1. The summed E-state index contributed by atoms with van der Waals surface area (Å²) in [6.45, 7) is 4.08. The van der Waals surface area contributed by atoms with E-state index in [0.29, 0.717) is 30.4 Å². The molecule has 2 heterocycles. The molecule has 27 heavy (non-hydrogen) atoms. The molecule has 1 aromatic carbocycles. The molecule has 0 spiro atoms. The van der Waals surface area contributed by atoms with Gasteiger partial charge in [-0.3, -0.25) is 9.48 Å². The molecule has 2 aromatic rings. The summed E-state index contributed by atoms with van der Waals surface area (Å²) < 4.78 is 1.82. The van der Waals surface area contributed by atoms with Gasteiger partial charge in [-0.05, 0) is 17.7 Å². The molecule has 0 aliphatic carbocycles. The first-order valence-electron chi connectivity index (χ1n) is 8.98. The molecule has 0 bridgehead atoms. The summed E-state index contributed by atoms with van der Waals surface area (Å²) in [5, 5.41) is 13.5. The second kappa shape index (κ2) is 7.79. The van der Waals surface area contributed by atoms with E-state index in [-0.39, 0.29) is 11.9 Å². The second-order valence-electron chi connectivity index (χ2n) is 7.07. The molecule has 1 atom stereocenters. The monoisotopic (exact) mass is 370 g/mol. The number of benzene rings is 1. The molecule has 1 unspecified atom stereocenters. The van der Waals surface area contributed by atoms with Crippen molar-refractivity contribution < 1.29 is 9.59 Å². The number of hydrogen-bond donors (Lipinski definition) is 3. The number of fused-ring (bicyclic) bond motifs is 1. The van der Waals surface area contributed by atoms with Crippen molar-refractivity contribution in [2.75, 3.05) is 26.0 Å². The Bertz CT molecular complexity index is 841. The highest BCUT2D eigenvalue weighted by molar-refractivity contribution is 5.94. The number of anilines is 1. The van der Waals surface area contributed by atoms with E-state index in [2.05, 4.69) is 28.0 Å². The molecular weight excluding hydrogens is 344 g/mol. The van der Waals surface area contributed by atoms with E-state index < -0.39 is 0 Å². The fourth-order valence-corrected chi connectivity index (χ4v) is 3.27. The lowest BCUT2D eigenvalue weighted by Crippen LogP contribution is -2.30. The molecule has 8 heteroatoms. The van der Waals surface area contributed by atoms with Gasteiger partial charge in [-0.2, -0.15) is 5.10 Å². The molecule has 3 amide bonds. The van der Waals surface area contributed by atoms with Crippen LogP contribution in [0.5, 0.6) is 0 Å². The Balaban J connectivity index is 1.63. The van der Waals surface area contributed by atoms with Crippen LogP contribution in [0.25, 0.3) is 0 Å². The highest BCUT2D eigenvalue weighted by atomic mass is 16.2. The van der Waals surface area contributed by atoms with Gasteiger partial charge >= 0.3 is 6.03 Å². The number of hydrogen-bond acceptors (Lipinski definition) is 4. The van der Waals surface area contributed by atoms with Gasteiger partial charge in [-0.1, -0.05) is 19.1 Å². The van der Waals surface area contributed by atoms with E-state index in [1.54, 1.807) is 14.1 Å². The molecule has 0 saturated carbocycles. The molecule has 3 rings (SSSR count). The van der Waals surface area contributed by atoms with Crippen LogP contribution in [0.1, 0.15) is 40.2 Å². The van der Waals surface area contributed by atoms with Crippen LogP contribution < -0.4 is 16.0 Å². The van der Waals surface area contributed by atoms with Gasteiger partial charge in [0.15, 0.2) is 5.69 Å². The van der Waals surface area contributed by atoms with Crippen molar-refractivity contribution >= 4 is 17.6 Å². The van der Waals surface area contributed by atoms with E-state index in [0.717, 1.165) is 23.4 Å². The van der Waals surface area contributed by atoms with Crippen LogP contribution in [-0.4, -0.2) is 47.3 Å². The molecule has 3 N–H and O–H groups in total. The van der Waals surface area contributed by atoms with Gasteiger partial charge in [0.1, 0.15) is 0 Å². The quantitative estimate of drug-likeness (QED) is 0.763. The van der Waals surface area contributed by atoms with Gasteiger partial charge in [0, 0.05) is 63.6 Å². The normalized spacial score (nSPS) is 15.8. The zero-order valence-electron chi connectivity index (χ0n) is 16.2. The van der Waals surface area contributed by atoms with E-state index >= 15 is 0 Å². The van der Waals surface area contributed by atoms with Gasteiger partial charge in [0.25, 0.3) is 5.91 Å². The molecular formula is C19H26N6O2. The summed E-state index contributed by atoms with van der Waals surface area (Å²) in [4.78, 5) is 25.7. The molecule has 1 aromatic heterocycles. The van der Waals surface area contributed by atoms with Crippen LogP contribution in [0.2, 0.25) is 0 Å². The van der Waals surface area contributed by atoms with Crippen LogP contribution in [0, 0.1) is 0 Å². The van der Waals surface area contributed by atoms with Crippen molar-refractivity contribution in [3.8, 4) is 0 Å². The van der Waals surface area contributed by atoms with Crippen LogP contribution in [0.15, 0.2) is 24.3 Å². The van der Waals surface area contributed by atoms with Crippen molar-refractivity contribution in [3.63, 3.8) is 0 Å². The number of aryl methyl sites for hydroxylation is 1. The largest absolute Gasteiger partial charge is 0.347 e. The van der Waals surface area contributed by atoms with Crippen molar-refractivity contribution in [2.45, 2.75) is 25.9 Å². The lowest BCUT2D eigenvalue weighted by Gasteiger charge is -2.21. The Labute approximate surface area is 158 Å². The van der Waals surface area contributed by atoms with E-state index in [9.17, 15) is 9.59 Å². The number of nitrogens with one attached hydrogen (secondary N) is 3. The molecule has 0 radical (unpaired) electrons. The van der Waals surface area contributed by atoms with Crippen LogP contribution in [0.3, 0.4) is 0 Å². The fourth-order valence-electron chi connectivity index (χ4n) is 3.27. The molecule has 8 nitrogen and oxygen atoms in total. The van der Waals surface area contributed by atoms with Crippen molar-refractivity contribution in [3.05, 3.63) is 46.8 Å². The lowest BCUT2D eigenvalue weighted by molar-refractivity contribution is 0.0944. The maximum absolute atomic E-state index is 12.6. The Morgan fingerprint density at radius 2 is 2.00 bits per heavy atom. The highest BCUT2D eigenvalue weighted by Gasteiger charge is 2.27. The average molecular weight is 370 g/mol. The number of carbonyl (C=O) groups is 2. The average Bonchev–Trinajstić information content (AvgIpc) is 2.99. The van der Waals surface area contributed by atoms with Gasteiger partial charge < -0.3 is 20.9 Å². The summed E-state index contributed by atoms with van der Waals surface area (Å²) >= 11 is 0. The SMILES string of the molecule is CC1CNCc2c(C(=O)NCc3ccc(NC(=O)N(C)C)cc3)nn(C)c21. The Morgan fingerprint density at radius 3 is 2.67 bits per heavy atom. The summed E-state index contributed by atoms with van der Waals surface area (Å²) in [6, 6.07) is 7.21. The topological polar surface area (TPSA) is 91.3 Å². The van der Waals surface area contributed by atoms with Crippen molar-refractivity contribution in [2.24, 2.45) is 7.05 Å². The minimum absolute atomic E-state index is 0.173. The van der Waals surface area contributed by atoms with Crippen LogP contribution in [-0.2, 0) is 20.1 Å². The second-order valence-corrected chi connectivity index (χ2v) is 7.07. The summed E-state index contributed by atoms with van der Waals surface area (Å²) in [7, 11) is 5.26. The first kappa shape index (κ1) is 18.9. The van der Waals surface area contributed by atoms with Gasteiger partial charge in [-0.15, -0.1) is 0 Å². The molecule has 0 saturated heterocycles. The molecule has 1 aliphatic rings. The third-order valence-corrected chi connectivity index (χ3v) is 4.69. The highest BCUT2D eigenvalue weighted by Crippen LogP contribution is 2.25.